The van der Waals surface area contributed by atoms with Gasteiger partial charge in [0.1, 0.15) is 0 Å². The fourth-order valence-corrected chi connectivity index (χ4v) is 1.14. The number of rotatable bonds is 2. The van der Waals surface area contributed by atoms with Crippen molar-refractivity contribution in [3.8, 4) is 11.8 Å². The second-order valence-electron chi connectivity index (χ2n) is 3.29. The Morgan fingerprint density at radius 1 is 1.56 bits per heavy atom. The lowest BCUT2D eigenvalue weighted by Crippen LogP contribution is -2.26. The summed E-state index contributed by atoms with van der Waals surface area (Å²) >= 11 is 0. The van der Waals surface area contributed by atoms with Gasteiger partial charge in [-0.05, 0) is 13.0 Å². The number of carbonyl (C=O) groups is 1. The molecule has 0 aromatic carbocycles. The second-order valence-corrected chi connectivity index (χ2v) is 3.29. The Kier molecular flexibility index (Phi) is 4.49. The Labute approximate surface area is 95.5 Å². The summed E-state index contributed by atoms with van der Waals surface area (Å²) in [5, 5.41) is 0. The van der Waals surface area contributed by atoms with E-state index in [4.69, 9.17) is 5.73 Å². The third-order valence-corrected chi connectivity index (χ3v) is 2.14. The lowest BCUT2D eigenvalue weighted by atomic mass is 10.2. The van der Waals surface area contributed by atoms with Gasteiger partial charge in [-0.3, -0.25) is 9.78 Å². The monoisotopic (exact) mass is 217 g/mol. The van der Waals surface area contributed by atoms with E-state index in [9.17, 15) is 4.79 Å². The van der Waals surface area contributed by atoms with Crippen LogP contribution >= 0.6 is 0 Å². The number of nitrogens with two attached hydrogens (primary N) is 1. The molecular weight excluding hydrogens is 202 g/mol. The number of aromatic nitrogens is 1. The number of nitrogens with zero attached hydrogens (tertiary/aromatic N) is 2. The Bertz CT molecular complexity index is 431. The van der Waals surface area contributed by atoms with Crippen molar-refractivity contribution in [3.05, 3.63) is 29.6 Å². The SMILES string of the molecule is CCN(C)C(=O)c1cncc(C#CCN)c1. The highest BCUT2D eigenvalue weighted by molar-refractivity contribution is 5.94. The molecule has 84 valence electrons. The van der Waals surface area contributed by atoms with Crippen LogP contribution < -0.4 is 5.73 Å². The molecule has 0 bridgehead atoms. The second kappa shape index (κ2) is 5.89. The first-order chi connectivity index (χ1) is 7.69. The van der Waals surface area contributed by atoms with Crippen molar-refractivity contribution in [2.45, 2.75) is 6.92 Å². The molecular formula is C12H15N3O. The standard InChI is InChI=1S/C12H15N3O/c1-3-15(2)12(16)11-7-10(5-4-6-13)8-14-9-11/h7-9H,3,6,13H2,1-2H3. The van der Waals surface area contributed by atoms with E-state index >= 15 is 0 Å². The van der Waals surface area contributed by atoms with Crippen molar-refractivity contribution < 1.29 is 4.79 Å². The molecule has 0 aliphatic heterocycles. The summed E-state index contributed by atoms with van der Waals surface area (Å²) < 4.78 is 0. The zero-order valence-corrected chi connectivity index (χ0v) is 9.53. The molecule has 0 unspecified atom stereocenters. The van der Waals surface area contributed by atoms with Gasteiger partial charge in [-0.15, -0.1) is 0 Å². The fraction of sp³-hybridized carbons (Fsp3) is 0.333. The molecule has 4 heteroatoms. The van der Waals surface area contributed by atoms with Gasteiger partial charge in [-0.1, -0.05) is 11.8 Å². The first kappa shape index (κ1) is 12.2. The molecule has 0 radical (unpaired) electrons. The minimum Gasteiger partial charge on any atom is -0.342 e. The topological polar surface area (TPSA) is 59.2 Å². The summed E-state index contributed by atoms with van der Waals surface area (Å²) in [5.74, 6) is 5.53. The molecule has 0 aliphatic rings. The number of amides is 1. The summed E-state index contributed by atoms with van der Waals surface area (Å²) in [6.07, 6.45) is 3.16. The van der Waals surface area contributed by atoms with Crippen molar-refractivity contribution in [1.82, 2.24) is 9.88 Å². The van der Waals surface area contributed by atoms with Crippen LogP contribution in [0.15, 0.2) is 18.5 Å². The first-order valence-electron chi connectivity index (χ1n) is 5.08. The van der Waals surface area contributed by atoms with E-state index in [1.165, 1.54) is 0 Å². The number of carbonyl (C=O) groups excluding carboxylic acids is 1. The van der Waals surface area contributed by atoms with E-state index in [1.54, 1.807) is 30.4 Å². The van der Waals surface area contributed by atoms with E-state index in [2.05, 4.69) is 16.8 Å². The van der Waals surface area contributed by atoms with Gasteiger partial charge in [-0.25, -0.2) is 0 Å². The molecule has 0 fully saturated rings. The fourth-order valence-electron chi connectivity index (χ4n) is 1.14. The highest BCUT2D eigenvalue weighted by Gasteiger charge is 2.10. The molecule has 2 N–H and O–H groups in total. The van der Waals surface area contributed by atoms with Crippen LogP contribution in [0.1, 0.15) is 22.8 Å². The van der Waals surface area contributed by atoms with E-state index < -0.39 is 0 Å². The normalized spacial score (nSPS) is 9.19. The van der Waals surface area contributed by atoms with Crippen LogP contribution in [-0.2, 0) is 0 Å². The van der Waals surface area contributed by atoms with Crippen molar-refractivity contribution >= 4 is 5.91 Å². The van der Waals surface area contributed by atoms with Crippen LogP contribution in [0.5, 0.6) is 0 Å². The summed E-state index contributed by atoms with van der Waals surface area (Å²) in [6, 6.07) is 1.73. The van der Waals surface area contributed by atoms with E-state index in [-0.39, 0.29) is 5.91 Å². The predicted molar refractivity (Wildman–Crippen MR) is 62.8 cm³/mol. The predicted octanol–water partition coefficient (Wildman–Crippen LogP) is 0.484. The average molecular weight is 217 g/mol. The van der Waals surface area contributed by atoms with Crippen LogP contribution in [0.4, 0.5) is 0 Å². The summed E-state index contributed by atoms with van der Waals surface area (Å²) in [7, 11) is 1.75. The molecule has 0 aliphatic carbocycles. The van der Waals surface area contributed by atoms with E-state index in [0.29, 0.717) is 24.2 Å². The molecule has 0 saturated carbocycles. The maximum absolute atomic E-state index is 11.8. The van der Waals surface area contributed by atoms with Crippen LogP contribution in [0.25, 0.3) is 0 Å². The molecule has 1 heterocycles. The molecule has 1 aromatic heterocycles. The molecule has 1 amide bonds. The van der Waals surface area contributed by atoms with Gasteiger partial charge in [0.15, 0.2) is 0 Å². The first-order valence-corrected chi connectivity index (χ1v) is 5.08. The lowest BCUT2D eigenvalue weighted by Gasteiger charge is -2.13. The van der Waals surface area contributed by atoms with Crippen LogP contribution in [0.2, 0.25) is 0 Å². The van der Waals surface area contributed by atoms with E-state index in [1.807, 2.05) is 6.92 Å². The molecule has 0 atom stereocenters. The van der Waals surface area contributed by atoms with Gasteiger partial charge >= 0.3 is 0 Å². The Morgan fingerprint density at radius 3 is 2.94 bits per heavy atom. The summed E-state index contributed by atoms with van der Waals surface area (Å²) in [5.41, 5.74) is 6.53. The third kappa shape index (κ3) is 3.07. The largest absolute Gasteiger partial charge is 0.342 e. The van der Waals surface area contributed by atoms with Gasteiger partial charge in [0.05, 0.1) is 12.1 Å². The summed E-state index contributed by atoms with van der Waals surface area (Å²) in [4.78, 5) is 17.4. The van der Waals surface area contributed by atoms with Crippen molar-refractivity contribution in [3.63, 3.8) is 0 Å². The average Bonchev–Trinajstić information content (AvgIpc) is 2.34. The van der Waals surface area contributed by atoms with Crippen molar-refractivity contribution in [1.29, 1.82) is 0 Å². The molecule has 0 saturated heterocycles. The molecule has 4 nitrogen and oxygen atoms in total. The zero-order chi connectivity index (χ0) is 12.0. The van der Waals surface area contributed by atoms with Gasteiger partial charge in [0.25, 0.3) is 5.91 Å². The molecule has 0 spiro atoms. The maximum atomic E-state index is 11.8. The highest BCUT2D eigenvalue weighted by atomic mass is 16.2. The molecule has 1 aromatic rings. The third-order valence-electron chi connectivity index (χ3n) is 2.14. The lowest BCUT2D eigenvalue weighted by molar-refractivity contribution is 0.0802. The summed E-state index contributed by atoms with van der Waals surface area (Å²) in [6.45, 7) is 2.88. The van der Waals surface area contributed by atoms with Gasteiger partial charge in [0.2, 0.25) is 0 Å². The van der Waals surface area contributed by atoms with Crippen LogP contribution in [-0.4, -0.2) is 35.9 Å². The number of pyridine rings is 1. The minimum atomic E-state index is -0.0496. The van der Waals surface area contributed by atoms with Crippen LogP contribution in [0, 0.1) is 11.8 Å². The zero-order valence-electron chi connectivity index (χ0n) is 9.53. The minimum absolute atomic E-state index is 0.0496. The number of hydrogen-bond donors (Lipinski definition) is 1. The molecule has 1 rings (SSSR count). The maximum Gasteiger partial charge on any atom is 0.255 e. The van der Waals surface area contributed by atoms with Gasteiger partial charge in [-0.2, -0.15) is 0 Å². The number of hydrogen-bond acceptors (Lipinski definition) is 3. The Balaban J connectivity index is 2.94. The van der Waals surface area contributed by atoms with Gasteiger partial charge < -0.3 is 10.6 Å². The van der Waals surface area contributed by atoms with Crippen molar-refractivity contribution in [2.24, 2.45) is 5.73 Å². The quantitative estimate of drug-likeness (QED) is 0.733. The smallest absolute Gasteiger partial charge is 0.255 e. The van der Waals surface area contributed by atoms with Crippen molar-refractivity contribution in [2.75, 3.05) is 20.1 Å². The molecule has 16 heavy (non-hydrogen) atoms. The Hall–Kier alpha value is -1.86. The van der Waals surface area contributed by atoms with Gasteiger partial charge in [0, 0.05) is 31.5 Å². The van der Waals surface area contributed by atoms with E-state index in [0.717, 1.165) is 0 Å². The Morgan fingerprint density at radius 2 is 2.31 bits per heavy atom. The van der Waals surface area contributed by atoms with Crippen LogP contribution in [0.3, 0.4) is 0 Å². The highest BCUT2D eigenvalue weighted by Crippen LogP contribution is 2.04.